The lowest BCUT2D eigenvalue weighted by atomic mass is 9.80. The van der Waals surface area contributed by atoms with E-state index < -0.39 is 11.4 Å². The normalized spacial score (nSPS) is 32.8. The lowest BCUT2D eigenvalue weighted by Gasteiger charge is -2.36. The maximum atomic E-state index is 12.3. The second-order valence-corrected chi connectivity index (χ2v) is 7.19. The number of nitrogens with zero attached hydrogens (tertiary/aromatic N) is 3. The molecule has 2 heterocycles. The van der Waals surface area contributed by atoms with Crippen LogP contribution in [0.1, 0.15) is 37.4 Å². The first kappa shape index (κ1) is 14.5. The average molecular weight is 318 g/mol. The van der Waals surface area contributed by atoms with Gasteiger partial charge in [0.15, 0.2) is 0 Å². The zero-order chi connectivity index (χ0) is 16.2. The third-order valence-corrected chi connectivity index (χ3v) is 5.94. The highest BCUT2D eigenvalue weighted by atomic mass is 16.4. The largest absolute Gasteiger partial charge is 0.481 e. The van der Waals surface area contributed by atoms with Crippen LogP contribution in [-0.4, -0.2) is 50.7 Å². The Hall–Kier alpha value is -2.05. The summed E-state index contributed by atoms with van der Waals surface area (Å²) in [5.74, 6) is 0.942. The molecule has 3 fully saturated rings. The van der Waals surface area contributed by atoms with Gasteiger partial charge in [0.05, 0.1) is 5.41 Å². The van der Waals surface area contributed by atoms with Crippen LogP contribution >= 0.6 is 0 Å². The highest BCUT2D eigenvalue weighted by Gasteiger charge is 2.72. The van der Waals surface area contributed by atoms with Crippen LogP contribution in [0.15, 0.2) is 12.4 Å². The zero-order valence-corrected chi connectivity index (χ0v) is 13.2. The Morgan fingerprint density at radius 3 is 2.61 bits per heavy atom. The summed E-state index contributed by atoms with van der Waals surface area (Å²) in [7, 11) is 2.00. The van der Waals surface area contributed by atoms with Crippen LogP contribution in [-0.2, 0) is 11.8 Å². The van der Waals surface area contributed by atoms with Crippen LogP contribution < -0.4 is 5.32 Å². The molecule has 1 aromatic rings. The number of carbonyl (C=O) groups excluding carboxylic acids is 1. The molecule has 3 atom stereocenters. The van der Waals surface area contributed by atoms with Gasteiger partial charge in [0.2, 0.25) is 0 Å². The second-order valence-electron chi connectivity index (χ2n) is 7.19. The van der Waals surface area contributed by atoms with Crippen LogP contribution in [0.25, 0.3) is 0 Å². The second kappa shape index (κ2) is 4.97. The molecule has 2 N–H and O–H groups in total. The van der Waals surface area contributed by atoms with E-state index in [2.05, 4.69) is 10.3 Å². The van der Waals surface area contributed by atoms with E-state index in [9.17, 15) is 9.59 Å². The molecular formula is C16H22N4O3. The number of urea groups is 1. The Morgan fingerprint density at radius 1 is 1.35 bits per heavy atom. The SMILES string of the molecule is Cn1ccnc1C1CCN(C(=O)N[C@@H]2C[C@]3(C(=O)O)C[C@H]23)CC1. The number of aryl methyl sites for hydroxylation is 1. The fourth-order valence-corrected chi connectivity index (χ4v) is 4.32. The van der Waals surface area contributed by atoms with Crippen LogP contribution in [0.4, 0.5) is 4.79 Å². The highest BCUT2D eigenvalue weighted by Crippen LogP contribution is 2.67. The number of likely N-dealkylation sites (tertiary alicyclic amines) is 1. The summed E-state index contributed by atoms with van der Waals surface area (Å²) in [6.07, 6.45) is 6.92. The third kappa shape index (κ3) is 2.21. The first-order valence-corrected chi connectivity index (χ1v) is 8.27. The maximum Gasteiger partial charge on any atom is 0.317 e. The summed E-state index contributed by atoms with van der Waals surface area (Å²) in [6, 6.07) is 0.00467. The van der Waals surface area contributed by atoms with Gasteiger partial charge in [0.1, 0.15) is 5.82 Å². The van der Waals surface area contributed by atoms with Crippen LogP contribution in [0.3, 0.4) is 0 Å². The number of hydrogen-bond donors (Lipinski definition) is 2. The monoisotopic (exact) mass is 318 g/mol. The minimum Gasteiger partial charge on any atom is -0.481 e. The van der Waals surface area contributed by atoms with E-state index in [0.717, 1.165) is 31.8 Å². The number of aliphatic carboxylic acids is 1. The van der Waals surface area contributed by atoms with Crippen molar-refractivity contribution in [3.63, 3.8) is 0 Å². The number of rotatable bonds is 3. The summed E-state index contributed by atoms with van der Waals surface area (Å²) in [5.41, 5.74) is -0.511. The Bertz CT molecular complexity index is 650. The molecule has 2 aliphatic carbocycles. The minimum atomic E-state index is -0.705. The lowest BCUT2D eigenvalue weighted by Crippen LogP contribution is -2.53. The summed E-state index contributed by atoms with van der Waals surface area (Å²) in [5, 5.41) is 12.2. The van der Waals surface area contributed by atoms with Crippen molar-refractivity contribution in [3.05, 3.63) is 18.2 Å². The quantitative estimate of drug-likeness (QED) is 0.876. The van der Waals surface area contributed by atoms with E-state index in [4.69, 9.17) is 5.11 Å². The van der Waals surface area contributed by atoms with Crippen molar-refractivity contribution in [1.82, 2.24) is 19.8 Å². The first-order valence-electron chi connectivity index (χ1n) is 8.27. The molecule has 124 valence electrons. The summed E-state index contributed by atoms with van der Waals surface area (Å²) in [4.78, 5) is 29.7. The molecule has 0 unspecified atom stereocenters. The molecule has 4 rings (SSSR count). The fourth-order valence-electron chi connectivity index (χ4n) is 4.32. The number of fused-ring (bicyclic) bond motifs is 1. The number of carbonyl (C=O) groups is 2. The maximum absolute atomic E-state index is 12.3. The predicted octanol–water partition coefficient (Wildman–Crippen LogP) is 1.17. The number of nitrogens with one attached hydrogen (secondary N) is 1. The van der Waals surface area contributed by atoms with Gasteiger partial charge in [-0.25, -0.2) is 9.78 Å². The number of amides is 2. The average Bonchev–Trinajstić information content (AvgIpc) is 2.92. The van der Waals surface area contributed by atoms with Crippen molar-refractivity contribution in [3.8, 4) is 0 Å². The van der Waals surface area contributed by atoms with Gasteiger partial charge in [-0.15, -0.1) is 0 Å². The van der Waals surface area contributed by atoms with Crippen LogP contribution in [0, 0.1) is 11.3 Å². The van der Waals surface area contributed by atoms with Gasteiger partial charge in [-0.1, -0.05) is 0 Å². The van der Waals surface area contributed by atoms with Crippen LogP contribution in [0.2, 0.25) is 0 Å². The number of carboxylic acid groups (broad SMARTS) is 1. The third-order valence-electron chi connectivity index (χ3n) is 5.94. The minimum absolute atomic E-state index is 0.0424. The topological polar surface area (TPSA) is 87.5 Å². The van der Waals surface area contributed by atoms with Crippen molar-refractivity contribution in [2.45, 2.75) is 37.6 Å². The van der Waals surface area contributed by atoms with E-state index in [0.29, 0.717) is 18.8 Å². The van der Waals surface area contributed by atoms with Gasteiger partial charge in [-0.3, -0.25) is 4.79 Å². The van der Waals surface area contributed by atoms with Gasteiger partial charge in [-0.2, -0.15) is 0 Å². The molecule has 23 heavy (non-hydrogen) atoms. The van der Waals surface area contributed by atoms with Gasteiger partial charge in [0, 0.05) is 44.5 Å². The smallest absolute Gasteiger partial charge is 0.317 e. The molecule has 0 aromatic carbocycles. The van der Waals surface area contributed by atoms with E-state index in [1.165, 1.54) is 0 Å². The number of hydrogen-bond acceptors (Lipinski definition) is 3. The summed E-state index contributed by atoms with van der Waals surface area (Å²) < 4.78 is 2.05. The fraction of sp³-hybridized carbons (Fsp3) is 0.688. The molecule has 0 bridgehead atoms. The molecule has 0 spiro atoms. The summed E-state index contributed by atoms with van der Waals surface area (Å²) >= 11 is 0. The molecule has 1 aliphatic heterocycles. The number of imidazole rings is 1. The van der Waals surface area contributed by atoms with Crippen LogP contribution in [0.5, 0.6) is 0 Å². The standard InChI is InChI=1S/C16H22N4O3/c1-19-7-4-17-13(19)10-2-5-20(6-3-10)15(23)18-12-9-16(14(21)22)8-11(12)16/h4,7,10-12H,2-3,5-6,8-9H2,1H3,(H,18,23)(H,21,22)/t11-,12-,16-/m1/s1. The van der Waals surface area contributed by atoms with Crippen molar-refractivity contribution >= 4 is 12.0 Å². The predicted molar refractivity (Wildman–Crippen MR) is 81.9 cm³/mol. The molecule has 1 aromatic heterocycles. The van der Waals surface area contributed by atoms with Gasteiger partial charge in [-0.05, 0) is 31.6 Å². The molecule has 1 saturated heterocycles. The molecule has 3 aliphatic rings. The number of carboxylic acids is 1. The van der Waals surface area contributed by atoms with Crippen molar-refractivity contribution in [1.29, 1.82) is 0 Å². The molecule has 0 radical (unpaired) electrons. The summed E-state index contributed by atoms with van der Waals surface area (Å²) in [6.45, 7) is 1.45. The molecule has 7 heteroatoms. The molecule has 2 saturated carbocycles. The van der Waals surface area contributed by atoms with Crippen molar-refractivity contribution in [2.24, 2.45) is 18.4 Å². The molecular weight excluding hydrogens is 296 g/mol. The Morgan fingerprint density at radius 2 is 2.09 bits per heavy atom. The molecule has 2 amide bonds. The lowest BCUT2D eigenvalue weighted by molar-refractivity contribution is -0.147. The van der Waals surface area contributed by atoms with E-state index in [1.54, 1.807) is 0 Å². The number of piperidine rings is 1. The van der Waals surface area contributed by atoms with E-state index in [-0.39, 0.29) is 18.0 Å². The Labute approximate surface area is 134 Å². The zero-order valence-electron chi connectivity index (χ0n) is 13.2. The van der Waals surface area contributed by atoms with Gasteiger partial charge >= 0.3 is 12.0 Å². The van der Waals surface area contributed by atoms with Crippen molar-refractivity contribution < 1.29 is 14.7 Å². The van der Waals surface area contributed by atoms with Gasteiger partial charge in [0.25, 0.3) is 0 Å². The first-order chi connectivity index (χ1) is 11.0. The van der Waals surface area contributed by atoms with E-state index >= 15 is 0 Å². The Balaban J connectivity index is 1.27. The highest BCUT2D eigenvalue weighted by molar-refractivity contribution is 5.82. The van der Waals surface area contributed by atoms with Gasteiger partial charge < -0.3 is 19.9 Å². The van der Waals surface area contributed by atoms with E-state index in [1.807, 2.05) is 28.9 Å². The number of aromatic nitrogens is 2. The van der Waals surface area contributed by atoms with Crippen molar-refractivity contribution in [2.75, 3.05) is 13.1 Å². The Kier molecular flexibility index (Phi) is 3.14. The molecule has 7 nitrogen and oxygen atoms in total.